The lowest BCUT2D eigenvalue weighted by Crippen LogP contribution is -2.51. The predicted molar refractivity (Wildman–Crippen MR) is 135 cm³/mol. The number of carboxylic acid groups (broad SMARTS) is 1. The Kier molecular flexibility index (Phi) is 6.44. The van der Waals surface area contributed by atoms with Crippen LogP contribution in [0.15, 0.2) is 115 Å². The summed E-state index contributed by atoms with van der Waals surface area (Å²) in [4.78, 5) is 25.9. The van der Waals surface area contributed by atoms with Crippen LogP contribution in [-0.2, 0) is 20.9 Å². The fourth-order valence-corrected chi connectivity index (χ4v) is 5.32. The summed E-state index contributed by atoms with van der Waals surface area (Å²) in [5, 5.41) is 10.1. The molecule has 4 atom stereocenters. The smallest absolute Gasteiger partial charge is 0.310 e. The molecule has 3 unspecified atom stereocenters. The number of carbonyl (C=O) groups is 2. The Hall–Kier alpha value is -4.18. The number of carbonyl (C=O) groups excluding carboxylic acids is 1. The quantitative estimate of drug-likeness (QED) is 0.328. The van der Waals surface area contributed by atoms with Gasteiger partial charge in [0.2, 0.25) is 0 Å². The maximum absolute atomic E-state index is 13.6. The molecule has 0 bridgehead atoms. The molecular formula is C31H26O4. The van der Waals surface area contributed by atoms with Gasteiger partial charge in [-0.2, -0.15) is 0 Å². The van der Waals surface area contributed by atoms with Crippen molar-refractivity contribution in [3.8, 4) is 11.1 Å². The molecular weight excluding hydrogens is 436 g/mol. The summed E-state index contributed by atoms with van der Waals surface area (Å²) in [5.41, 5.74) is 4.67. The second-order valence-corrected chi connectivity index (χ2v) is 8.89. The molecule has 4 aromatic carbocycles. The summed E-state index contributed by atoms with van der Waals surface area (Å²) in [6, 6.07) is 36.7. The monoisotopic (exact) mass is 462 g/mol. The van der Waals surface area contributed by atoms with Gasteiger partial charge in [-0.3, -0.25) is 9.59 Å². The molecule has 5 rings (SSSR count). The average Bonchev–Trinajstić information content (AvgIpc) is 2.89. The van der Waals surface area contributed by atoms with E-state index in [0.717, 1.165) is 27.8 Å². The van der Waals surface area contributed by atoms with Crippen LogP contribution in [0.4, 0.5) is 0 Å². The highest BCUT2D eigenvalue weighted by Gasteiger charge is 2.59. The number of ether oxygens (including phenoxy) is 1. The lowest BCUT2D eigenvalue weighted by molar-refractivity contribution is -0.165. The summed E-state index contributed by atoms with van der Waals surface area (Å²) in [5.74, 6) is -3.44. The number of hydrogen-bond acceptors (Lipinski definition) is 3. The standard InChI is InChI=1S/C31H26O4/c32-30(33)28-26(22-14-6-2-7-15-22)29(27(28)23-16-8-3-9-17-23)31(34)35-20-24-18-10-11-19-25(24)21-12-4-1-5-13-21/h1-19,26-29H,20H2,(H,32,33)/t26-,27?,28?,29?/m1/s1. The van der Waals surface area contributed by atoms with Crippen molar-refractivity contribution in [3.63, 3.8) is 0 Å². The number of aliphatic carboxylic acids is 1. The molecule has 0 amide bonds. The van der Waals surface area contributed by atoms with Gasteiger partial charge in [-0.25, -0.2) is 0 Å². The summed E-state index contributed by atoms with van der Waals surface area (Å²) < 4.78 is 5.89. The first-order valence-electron chi connectivity index (χ1n) is 11.8. The summed E-state index contributed by atoms with van der Waals surface area (Å²) in [7, 11) is 0. The van der Waals surface area contributed by atoms with E-state index in [1.807, 2.05) is 115 Å². The van der Waals surface area contributed by atoms with E-state index in [-0.39, 0.29) is 12.6 Å². The number of rotatable bonds is 7. The predicted octanol–water partition coefficient (Wildman–Crippen LogP) is 6.30. The van der Waals surface area contributed by atoms with Crippen molar-refractivity contribution in [1.82, 2.24) is 0 Å². The van der Waals surface area contributed by atoms with Gasteiger partial charge in [0.1, 0.15) is 6.61 Å². The number of benzene rings is 4. The molecule has 1 N–H and O–H groups in total. The molecule has 0 aliphatic heterocycles. The van der Waals surface area contributed by atoms with Gasteiger partial charge < -0.3 is 9.84 Å². The zero-order chi connectivity index (χ0) is 24.2. The number of hydrogen-bond donors (Lipinski definition) is 1. The van der Waals surface area contributed by atoms with Crippen molar-refractivity contribution in [1.29, 1.82) is 0 Å². The van der Waals surface area contributed by atoms with Crippen molar-refractivity contribution in [3.05, 3.63) is 132 Å². The Morgan fingerprint density at radius 1 is 0.629 bits per heavy atom. The largest absolute Gasteiger partial charge is 0.481 e. The molecule has 1 aliphatic rings. The van der Waals surface area contributed by atoms with E-state index in [4.69, 9.17) is 4.74 Å². The molecule has 4 heteroatoms. The second kappa shape index (κ2) is 9.98. The second-order valence-electron chi connectivity index (χ2n) is 8.89. The van der Waals surface area contributed by atoms with Crippen LogP contribution in [-0.4, -0.2) is 17.0 Å². The number of esters is 1. The molecule has 1 fully saturated rings. The van der Waals surface area contributed by atoms with Crippen LogP contribution in [0.2, 0.25) is 0 Å². The summed E-state index contributed by atoms with van der Waals surface area (Å²) >= 11 is 0. The van der Waals surface area contributed by atoms with E-state index in [1.165, 1.54) is 0 Å². The van der Waals surface area contributed by atoms with Crippen LogP contribution < -0.4 is 0 Å². The van der Waals surface area contributed by atoms with E-state index < -0.39 is 29.6 Å². The third kappa shape index (κ3) is 4.47. The fourth-order valence-electron chi connectivity index (χ4n) is 5.32. The Morgan fingerprint density at radius 2 is 1.11 bits per heavy atom. The minimum Gasteiger partial charge on any atom is -0.481 e. The first kappa shape index (κ1) is 22.6. The van der Waals surface area contributed by atoms with Crippen LogP contribution in [0.3, 0.4) is 0 Å². The van der Waals surface area contributed by atoms with E-state index in [1.54, 1.807) is 0 Å². The minimum atomic E-state index is -0.897. The van der Waals surface area contributed by atoms with E-state index >= 15 is 0 Å². The SMILES string of the molecule is O=C(O)C1C(c2ccccc2)C(C(=O)OCc2ccccc2-c2ccccc2)[C@@H]1c1ccccc1. The van der Waals surface area contributed by atoms with Crippen molar-refractivity contribution < 1.29 is 19.4 Å². The van der Waals surface area contributed by atoms with Gasteiger partial charge in [-0.15, -0.1) is 0 Å². The Balaban J connectivity index is 1.44. The first-order chi connectivity index (χ1) is 17.1. The molecule has 0 radical (unpaired) electrons. The number of carboxylic acids is 1. The molecule has 35 heavy (non-hydrogen) atoms. The Labute approximate surface area is 204 Å². The zero-order valence-corrected chi connectivity index (χ0v) is 19.2. The topological polar surface area (TPSA) is 63.6 Å². The molecule has 0 spiro atoms. The van der Waals surface area contributed by atoms with E-state index in [2.05, 4.69) is 0 Å². The van der Waals surface area contributed by atoms with Crippen LogP contribution in [0.5, 0.6) is 0 Å². The van der Waals surface area contributed by atoms with Crippen LogP contribution in [0, 0.1) is 11.8 Å². The molecule has 0 saturated heterocycles. The Morgan fingerprint density at radius 3 is 1.66 bits per heavy atom. The van der Waals surface area contributed by atoms with Crippen molar-refractivity contribution in [2.45, 2.75) is 18.4 Å². The molecule has 4 nitrogen and oxygen atoms in total. The molecule has 174 valence electrons. The van der Waals surface area contributed by atoms with Gasteiger partial charge in [-0.05, 0) is 27.8 Å². The third-order valence-electron chi connectivity index (χ3n) is 6.95. The molecule has 4 aromatic rings. The fraction of sp³-hybridized carbons (Fsp3) is 0.161. The maximum Gasteiger partial charge on any atom is 0.310 e. The minimum absolute atomic E-state index is 0.126. The van der Waals surface area contributed by atoms with Gasteiger partial charge in [0.15, 0.2) is 0 Å². The van der Waals surface area contributed by atoms with Crippen molar-refractivity contribution in [2.75, 3.05) is 0 Å². The normalized spacial score (nSPS) is 21.0. The molecule has 1 aliphatic carbocycles. The van der Waals surface area contributed by atoms with Crippen LogP contribution in [0.25, 0.3) is 11.1 Å². The van der Waals surface area contributed by atoms with Gasteiger partial charge in [0.05, 0.1) is 11.8 Å². The van der Waals surface area contributed by atoms with Gasteiger partial charge in [0.25, 0.3) is 0 Å². The van der Waals surface area contributed by atoms with E-state index in [9.17, 15) is 14.7 Å². The highest BCUT2D eigenvalue weighted by Crippen LogP contribution is 2.58. The van der Waals surface area contributed by atoms with Crippen molar-refractivity contribution >= 4 is 11.9 Å². The maximum atomic E-state index is 13.6. The first-order valence-corrected chi connectivity index (χ1v) is 11.8. The lowest BCUT2D eigenvalue weighted by Gasteiger charge is -2.49. The highest BCUT2D eigenvalue weighted by atomic mass is 16.5. The van der Waals surface area contributed by atoms with Crippen LogP contribution >= 0.6 is 0 Å². The average molecular weight is 463 g/mol. The van der Waals surface area contributed by atoms with E-state index in [0.29, 0.717) is 0 Å². The highest BCUT2D eigenvalue weighted by molar-refractivity contribution is 5.84. The van der Waals surface area contributed by atoms with Gasteiger partial charge in [0, 0.05) is 11.8 Å². The molecule has 0 aromatic heterocycles. The lowest BCUT2D eigenvalue weighted by atomic mass is 9.52. The summed E-state index contributed by atoms with van der Waals surface area (Å²) in [6.45, 7) is 0.126. The molecule has 0 heterocycles. The van der Waals surface area contributed by atoms with Gasteiger partial charge >= 0.3 is 11.9 Å². The van der Waals surface area contributed by atoms with Gasteiger partial charge in [-0.1, -0.05) is 115 Å². The van der Waals surface area contributed by atoms with Crippen molar-refractivity contribution in [2.24, 2.45) is 11.8 Å². The zero-order valence-electron chi connectivity index (χ0n) is 19.2. The Bertz CT molecular complexity index is 1250. The summed E-state index contributed by atoms with van der Waals surface area (Å²) in [6.07, 6.45) is 0. The molecule has 1 saturated carbocycles. The van der Waals surface area contributed by atoms with Crippen LogP contribution in [0.1, 0.15) is 28.5 Å². The third-order valence-corrected chi connectivity index (χ3v) is 6.95.